The first-order valence-electron chi connectivity index (χ1n) is 6.15. The summed E-state index contributed by atoms with van der Waals surface area (Å²) in [6, 6.07) is 0. The zero-order valence-electron chi connectivity index (χ0n) is 11.4. The van der Waals surface area contributed by atoms with Crippen molar-refractivity contribution in [1.82, 2.24) is 19.6 Å². The van der Waals surface area contributed by atoms with Crippen molar-refractivity contribution in [3.8, 4) is 0 Å². The highest BCUT2D eigenvalue weighted by atomic mass is 16.5. The second kappa shape index (κ2) is 6.66. The topological polar surface area (TPSA) is 111 Å². The van der Waals surface area contributed by atoms with Crippen molar-refractivity contribution < 1.29 is 19.4 Å². The maximum atomic E-state index is 11.8. The predicted molar refractivity (Wildman–Crippen MR) is 71.7 cm³/mol. The molecule has 0 aliphatic rings. The molecule has 0 saturated heterocycles. The summed E-state index contributed by atoms with van der Waals surface area (Å²) in [5, 5.41) is 19.3. The smallest absolute Gasteiger partial charge is 0.338 e. The molecule has 0 aromatic carbocycles. The predicted octanol–water partition coefficient (Wildman–Crippen LogP) is 0.410. The average Bonchev–Trinajstić information content (AvgIpc) is 3.06. The molecule has 2 aromatic rings. The van der Waals surface area contributed by atoms with Crippen molar-refractivity contribution in [3.05, 3.63) is 30.4 Å². The number of methoxy groups -OCH3 is 1. The summed E-state index contributed by atoms with van der Waals surface area (Å²) in [6.45, 7) is 0.604. The van der Waals surface area contributed by atoms with Crippen molar-refractivity contribution in [1.29, 1.82) is 0 Å². The van der Waals surface area contributed by atoms with E-state index in [1.165, 1.54) is 23.3 Å². The minimum absolute atomic E-state index is 0.0938. The van der Waals surface area contributed by atoms with E-state index in [1.54, 1.807) is 18.0 Å². The molecule has 0 spiro atoms. The number of aromatic nitrogens is 4. The van der Waals surface area contributed by atoms with E-state index in [1.807, 2.05) is 0 Å². The number of nitrogens with one attached hydrogen (secondary N) is 1. The van der Waals surface area contributed by atoms with Gasteiger partial charge in [0.05, 0.1) is 29.8 Å². The van der Waals surface area contributed by atoms with Gasteiger partial charge in [-0.25, -0.2) is 9.48 Å². The molecule has 0 saturated carbocycles. The maximum Gasteiger partial charge on any atom is 0.338 e. The number of hydrogen-bond donors (Lipinski definition) is 2. The lowest BCUT2D eigenvalue weighted by atomic mass is 10.3. The van der Waals surface area contributed by atoms with Gasteiger partial charge in [0.1, 0.15) is 6.73 Å². The minimum atomic E-state index is -1.05. The normalized spacial score (nSPS) is 10.5. The van der Waals surface area contributed by atoms with Gasteiger partial charge < -0.3 is 15.2 Å². The van der Waals surface area contributed by atoms with Crippen molar-refractivity contribution in [2.75, 3.05) is 12.4 Å². The Balaban J connectivity index is 1.82. The number of carboxylic acids is 1. The number of nitrogens with zero attached hydrogens (tertiary/aromatic N) is 4. The molecule has 0 aliphatic heterocycles. The number of hydrogen-bond acceptors (Lipinski definition) is 5. The highest BCUT2D eigenvalue weighted by Crippen LogP contribution is 2.06. The maximum absolute atomic E-state index is 11.8. The standard InChI is InChI=1S/C12H15N5O4/c1-21-8-17-7-10(5-14-17)15-11(18)2-3-16-6-9(4-13-16)12(19)20/h4-7H,2-3,8H2,1H3,(H,15,18)(H,19,20). The van der Waals surface area contributed by atoms with Crippen LogP contribution in [0.4, 0.5) is 5.69 Å². The molecule has 2 N–H and O–H groups in total. The number of carbonyl (C=O) groups is 2. The Morgan fingerprint density at radius 3 is 2.71 bits per heavy atom. The molecule has 0 fully saturated rings. The van der Waals surface area contributed by atoms with Crippen LogP contribution in [0.3, 0.4) is 0 Å². The molecule has 9 heteroatoms. The number of aryl methyl sites for hydroxylation is 1. The van der Waals surface area contributed by atoms with Crippen LogP contribution in [0.25, 0.3) is 0 Å². The Bertz CT molecular complexity index is 633. The zero-order chi connectivity index (χ0) is 15.2. The lowest BCUT2D eigenvalue weighted by Gasteiger charge is -2.02. The summed E-state index contributed by atoms with van der Waals surface area (Å²) in [5.41, 5.74) is 0.667. The molecule has 2 heterocycles. The van der Waals surface area contributed by atoms with Crippen LogP contribution in [0.1, 0.15) is 16.8 Å². The lowest BCUT2D eigenvalue weighted by molar-refractivity contribution is -0.116. The van der Waals surface area contributed by atoms with Gasteiger partial charge in [0.2, 0.25) is 5.91 Å². The molecular formula is C12H15N5O4. The average molecular weight is 293 g/mol. The SMILES string of the molecule is COCn1cc(NC(=O)CCn2cc(C(=O)O)cn2)cn1. The first kappa shape index (κ1) is 14.7. The van der Waals surface area contributed by atoms with E-state index in [4.69, 9.17) is 9.84 Å². The van der Waals surface area contributed by atoms with Gasteiger partial charge in [-0.05, 0) is 0 Å². The fraction of sp³-hybridized carbons (Fsp3) is 0.333. The Labute approximate surface area is 120 Å². The largest absolute Gasteiger partial charge is 0.478 e. The Hall–Kier alpha value is -2.68. The van der Waals surface area contributed by atoms with Gasteiger partial charge in [0.25, 0.3) is 0 Å². The van der Waals surface area contributed by atoms with Crippen LogP contribution in [-0.2, 0) is 22.8 Å². The zero-order valence-corrected chi connectivity index (χ0v) is 11.4. The van der Waals surface area contributed by atoms with Crippen molar-refractivity contribution in [2.45, 2.75) is 19.7 Å². The van der Waals surface area contributed by atoms with E-state index in [-0.39, 0.29) is 17.9 Å². The van der Waals surface area contributed by atoms with E-state index >= 15 is 0 Å². The number of amides is 1. The number of rotatable bonds is 7. The number of carbonyl (C=O) groups excluding carboxylic acids is 1. The molecule has 21 heavy (non-hydrogen) atoms. The van der Waals surface area contributed by atoms with E-state index in [9.17, 15) is 9.59 Å². The summed E-state index contributed by atoms with van der Waals surface area (Å²) in [5.74, 6) is -1.25. The molecular weight excluding hydrogens is 278 g/mol. The van der Waals surface area contributed by atoms with Crippen LogP contribution in [0.15, 0.2) is 24.8 Å². The third-order valence-corrected chi connectivity index (χ3v) is 2.63. The van der Waals surface area contributed by atoms with Crippen LogP contribution < -0.4 is 5.32 Å². The minimum Gasteiger partial charge on any atom is -0.478 e. The Kier molecular flexibility index (Phi) is 4.67. The van der Waals surface area contributed by atoms with Crippen molar-refractivity contribution >= 4 is 17.6 Å². The van der Waals surface area contributed by atoms with Gasteiger partial charge in [0.15, 0.2) is 0 Å². The molecule has 0 aliphatic carbocycles. The summed E-state index contributed by atoms with van der Waals surface area (Å²) in [4.78, 5) is 22.5. The number of ether oxygens (including phenoxy) is 1. The fourth-order valence-corrected chi connectivity index (χ4v) is 1.67. The van der Waals surface area contributed by atoms with E-state index < -0.39 is 5.97 Å². The van der Waals surface area contributed by atoms with Crippen LogP contribution in [0.5, 0.6) is 0 Å². The fourth-order valence-electron chi connectivity index (χ4n) is 1.67. The first-order chi connectivity index (χ1) is 10.1. The number of aromatic carboxylic acids is 1. The highest BCUT2D eigenvalue weighted by molar-refractivity contribution is 5.90. The molecule has 112 valence electrons. The summed E-state index contributed by atoms with van der Waals surface area (Å²) < 4.78 is 7.86. The second-order valence-corrected chi connectivity index (χ2v) is 4.28. The summed E-state index contributed by atoms with van der Waals surface area (Å²) in [6.07, 6.45) is 5.97. The van der Waals surface area contributed by atoms with Crippen molar-refractivity contribution in [3.63, 3.8) is 0 Å². The molecule has 0 atom stereocenters. The molecule has 0 unspecified atom stereocenters. The monoisotopic (exact) mass is 293 g/mol. The number of anilines is 1. The molecule has 1 amide bonds. The quantitative estimate of drug-likeness (QED) is 0.765. The molecule has 0 bridgehead atoms. The van der Waals surface area contributed by atoms with Crippen LogP contribution >= 0.6 is 0 Å². The Morgan fingerprint density at radius 1 is 1.29 bits per heavy atom. The summed E-state index contributed by atoms with van der Waals surface area (Å²) >= 11 is 0. The molecule has 2 aromatic heterocycles. The van der Waals surface area contributed by atoms with E-state index in [2.05, 4.69) is 15.5 Å². The summed E-state index contributed by atoms with van der Waals surface area (Å²) in [7, 11) is 1.55. The van der Waals surface area contributed by atoms with Gasteiger partial charge in [-0.2, -0.15) is 10.2 Å². The van der Waals surface area contributed by atoms with Gasteiger partial charge in [-0.15, -0.1) is 0 Å². The lowest BCUT2D eigenvalue weighted by Crippen LogP contribution is -2.14. The third-order valence-electron chi connectivity index (χ3n) is 2.63. The van der Waals surface area contributed by atoms with Crippen molar-refractivity contribution in [2.24, 2.45) is 0 Å². The van der Waals surface area contributed by atoms with E-state index in [0.717, 1.165) is 0 Å². The highest BCUT2D eigenvalue weighted by Gasteiger charge is 2.08. The van der Waals surface area contributed by atoms with Gasteiger partial charge in [-0.1, -0.05) is 0 Å². The van der Waals surface area contributed by atoms with Crippen LogP contribution in [0.2, 0.25) is 0 Å². The molecule has 2 rings (SSSR count). The molecule has 0 radical (unpaired) electrons. The second-order valence-electron chi connectivity index (χ2n) is 4.28. The number of carboxylic acid groups (broad SMARTS) is 1. The third kappa shape index (κ3) is 4.14. The van der Waals surface area contributed by atoms with Gasteiger partial charge in [-0.3, -0.25) is 9.48 Å². The molecule has 9 nitrogen and oxygen atoms in total. The Morgan fingerprint density at radius 2 is 2.05 bits per heavy atom. The van der Waals surface area contributed by atoms with Gasteiger partial charge >= 0.3 is 5.97 Å². The van der Waals surface area contributed by atoms with Crippen LogP contribution in [-0.4, -0.2) is 43.7 Å². The van der Waals surface area contributed by atoms with Gasteiger partial charge in [0, 0.05) is 26.3 Å². The first-order valence-corrected chi connectivity index (χ1v) is 6.15. The van der Waals surface area contributed by atoms with E-state index in [0.29, 0.717) is 19.0 Å². The van der Waals surface area contributed by atoms with Crippen LogP contribution in [0, 0.1) is 0 Å².